The van der Waals surface area contributed by atoms with Crippen LogP contribution in [0.1, 0.15) is 45.4 Å². The number of thioether (sulfide) groups is 1. The molecule has 1 fully saturated rings. The first-order valence-electron chi connectivity index (χ1n) is 5.77. The van der Waals surface area contributed by atoms with Gasteiger partial charge in [-0.3, -0.25) is 0 Å². The van der Waals surface area contributed by atoms with Gasteiger partial charge in [0, 0.05) is 5.25 Å². The van der Waals surface area contributed by atoms with Crippen LogP contribution < -0.4 is 0 Å². The Bertz CT molecular complexity index is 236. The molecule has 0 saturated carbocycles. The second kappa shape index (κ2) is 4.28. The van der Waals surface area contributed by atoms with Crippen molar-refractivity contribution in [3.8, 4) is 0 Å². The van der Waals surface area contributed by atoms with Crippen molar-refractivity contribution in [2.24, 2.45) is 0 Å². The van der Waals surface area contributed by atoms with E-state index in [1.807, 2.05) is 11.8 Å². The first-order chi connectivity index (χ1) is 6.73. The van der Waals surface area contributed by atoms with Gasteiger partial charge < -0.3 is 5.11 Å². The van der Waals surface area contributed by atoms with Crippen LogP contribution in [0.3, 0.4) is 0 Å². The Labute approximate surface area is 91.0 Å². The molecule has 2 rings (SSSR count). The van der Waals surface area contributed by atoms with Gasteiger partial charge in [-0.1, -0.05) is 19.4 Å². The molecule has 80 valence electrons. The van der Waals surface area contributed by atoms with E-state index in [1.165, 1.54) is 31.3 Å². The van der Waals surface area contributed by atoms with Crippen molar-refractivity contribution < 1.29 is 5.11 Å². The molecule has 0 aromatic carbocycles. The maximum Gasteiger partial charge on any atom is 0.0979 e. The van der Waals surface area contributed by atoms with Crippen LogP contribution in [0.5, 0.6) is 0 Å². The highest BCUT2D eigenvalue weighted by atomic mass is 32.2. The molecular formula is C12H20OS. The fraction of sp³-hybridized carbons (Fsp3) is 0.833. The molecule has 0 aromatic heterocycles. The van der Waals surface area contributed by atoms with Gasteiger partial charge in [-0.05, 0) is 43.4 Å². The molecular weight excluding hydrogens is 192 g/mol. The minimum Gasteiger partial charge on any atom is -0.384 e. The molecule has 1 aliphatic carbocycles. The molecule has 1 saturated heterocycles. The lowest BCUT2D eigenvalue weighted by Crippen LogP contribution is -2.36. The highest BCUT2D eigenvalue weighted by Crippen LogP contribution is 2.43. The number of hydrogen-bond donors (Lipinski definition) is 1. The van der Waals surface area contributed by atoms with Gasteiger partial charge in [0.15, 0.2) is 0 Å². The first kappa shape index (κ1) is 10.6. The smallest absolute Gasteiger partial charge is 0.0979 e. The molecule has 1 nitrogen and oxygen atoms in total. The van der Waals surface area contributed by atoms with Crippen LogP contribution >= 0.6 is 11.8 Å². The topological polar surface area (TPSA) is 20.2 Å². The van der Waals surface area contributed by atoms with E-state index in [4.69, 9.17) is 0 Å². The third-order valence-electron chi connectivity index (χ3n) is 3.62. The van der Waals surface area contributed by atoms with Crippen molar-refractivity contribution in [3.63, 3.8) is 0 Å². The average molecular weight is 212 g/mol. The first-order valence-corrected chi connectivity index (χ1v) is 6.82. The monoisotopic (exact) mass is 212 g/mol. The molecule has 0 spiro atoms. The fourth-order valence-corrected chi connectivity index (χ4v) is 3.89. The van der Waals surface area contributed by atoms with E-state index in [1.54, 1.807) is 0 Å². The van der Waals surface area contributed by atoms with Crippen molar-refractivity contribution in [3.05, 3.63) is 11.6 Å². The van der Waals surface area contributed by atoms with Gasteiger partial charge in [-0.15, -0.1) is 0 Å². The summed E-state index contributed by atoms with van der Waals surface area (Å²) in [6.45, 7) is 2.17. The SMILES string of the molecule is CC1SCCC1(O)C1=CCCCCC1. The number of aliphatic hydroxyl groups is 1. The molecule has 2 aliphatic rings. The minimum atomic E-state index is -0.463. The molecule has 0 radical (unpaired) electrons. The summed E-state index contributed by atoms with van der Waals surface area (Å²) in [5, 5.41) is 11.0. The zero-order valence-corrected chi connectivity index (χ0v) is 9.78. The summed E-state index contributed by atoms with van der Waals surface area (Å²) < 4.78 is 0. The second-order valence-electron chi connectivity index (χ2n) is 4.52. The second-order valence-corrected chi connectivity index (χ2v) is 5.96. The van der Waals surface area contributed by atoms with Crippen LogP contribution in [0, 0.1) is 0 Å². The molecule has 2 heteroatoms. The van der Waals surface area contributed by atoms with Crippen LogP contribution in [0.4, 0.5) is 0 Å². The summed E-state index contributed by atoms with van der Waals surface area (Å²) in [5.74, 6) is 1.12. The molecule has 0 amide bonds. The van der Waals surface area contributed by atoms with E-state index in [9.17, 15) is 5.11 Å². The maximum absolute atomic E-state index is 10.6. The molecule has 14 heavy (non-hydrogen) atoms. The number of allylic oxidation sites excluding steroid dienone is 1. The van der Waals surface area contributed by atoms with Gasteiger partial charge in [0.25, 0.3) is 0 Å². The van der Waals surface area contributed by atoms with Crippen LogP contribution in [0.2, 0.25) is 0 Å². The summed E-state index contributed by atoms with van der Waals surface area (Å²) in [6.07, 6.45) is 9.49. The van der Waals surface area contributed by atoms with Gasteiger partial charge in [0.2, 0.25) is 0 Å². The highest BCUT2D eigenvalue weighted by Gasteiger charge is 2.41. The highest BCUT2D eigenvalue weighted by molar-refractivity contribution is 8.00. The van der Waals surface area contributed by atoms with Crippen molar-refractivity contribution in [1.82, 2.24) is 0 Å². The van der Waals surface area contributed by atoms with E-state index < -0.39 is 5.60 Å². The molecule has 2 atom stereocenters. The van der Waals surface area contributed by atoms with E-state index in [2.05, 4.69) is 13.0 Å². The average Bonchev–Trinajstić information content (AvgIpc) is 2.47. The largest absolute Gasteiger partial charge is 0.384 e. The number of hydrogen-bond acceptors (Lipinski definition) is 2. The standard InChI is InChI=1S/C12H20OS/c1-10-12(13,8-9-14-10)11-6-4-2-3-5-7-11/h6,10,13H,2-5,7-9H2,1H3. The molecule has 1 heterocycles. The summed E-state index contributed by atoms with van der Waals surface area (Å²) in [4.78, 5) is 0. The van der Waals surface area contributed by atoms with Gasteiger partial charge >= 0.3 is 0 Å². The maximum atomic E-state index is 10.6. The lowest BCUT2D eigenvalue weighted by atomic mass is 9.85. The van der Waals surface area contributed by atoms with E-state index in [0.29, 0.717) is 5.25 Å². The van der Waals surface area contributed by atoms with Crippen LogP contribution in [0.25, 0.3) is 0 Å². The van der Waals surface area contributed by atoms with Crippen LogP contribution in [-0.4, -0.2) is 21.7 Å². The quantitative estimate of drug-likeness (QED) is 0.674. The lowest BCUT2D eigenvalue weighted by Gasteiger charge is -2.30. The van der Waals surface area contributed by atoms with Gasteiger partial charge in [-0.25, -0.2) is 0 Å². The predicted octanol–water partition coefficient (Wildman–Crippen LogP) is 3.13. The Morgan fingerprint density at radius 3 is 3.00 bits per heavy atom. The molecule has 1 aliphatic heterocycles. The van der Waals surface area contributed by atoms with E-state index in [0.717, 1.165) is 18.6 Å². The zero-order chi connectivity index (χ0) is 10.0. The summed E-state index contributed by atoms with van der Waals surface area (Å²) >= 11 is 1.91. The Hall–Kier alpha value is 0.0500. The fourth-order valence-electron chi connectivity index (χ4n) is 2.56. The van der Waals surface area contributed by atoms with Gasteiger partial charge in [-0.2, -0.15) is 11.8 Å². The Morgan fingerprint density at radius 1 is 1.43 bits per heavy atom. The third-order valence-corrected chi connectivity index (χ3v) is 4.95. The van der Waals surface area contributed by atoms with Crippen molar-refractivity contribution in [2.75, 3.05) is 5.75 Å². The summed E-state index contributed by atoms with van der Waals surface area (Å²) in [7, 11) is 0. The van der Waals surface area contributed by atoms with Crippen molar-refractivity contribution >= 4 is 11.8 Å². The summed E-state index contributed by atoms with van der Waals surface area (Å²) in [5.41, 5.74) is 0.877. The van der Waals surface area contributed by atoms with E-state index >= 15 is 0 Å². The van der Waals surface area contributed by atoms with Crippen LogP contribution in [0.15, 0.2) is 11.6 Å². The zero-order valence-electron chi connectivity index (χ0n) is 8.96. The number of rotatable bonds is 1. The predicted molar refractivity (Wildman–Crippen MR) is 62.7 cm³/mol. The lowest BCUT2D eigenvalue weighted by molar-refractivity contribution is 0.0802. The third kappa shape index (κ3) is 1.87. The minimum absolute atomic E-state index is 0.395. The molecule has 0 aromatic rings. The van der Waals surface area contributed by atoms with Crippen molar-refractivity contribution in [1.29, 1.82) is 0 Å². The van der Waals surface area contributed by atoms with Crippen molar-refractivity contribution in [2.45, 2.75) is 56.3 Å². The van der Waals surface area contributed by atoms with Gasteiger partial charge in [0.1, 0.15) is 0 Å². The van der Waals surface area contributed by atoms with Crippen LogP contribution in [-0.2, 0) is 0 Å². The Balaban J connectivity index is 2.15. The molecule has 1 N–H and O–H groups in total. The Kier molecular flexibility index (Phi) is 3.23. The normalized spacial score (nSPS) is 39.3. The summed E-state index contributed by atoms with van der Waals surface area (Å²) in [6, 6.07) is 0. The van der Waals surface area contributed by atoms with Gasteiger partial charge in [0.05, 0.1) is 5.60 Å². The van der Waals surface area contributed by atoms with E-state index in [-0.39, 0.29) is 0 Å². The molecule has 0 bridgehead atoms. The molecule has 2 unspecified atom stereocenters. The Morgan fingerprint density at radius 2 is 2.29 bits per heavy atom.